The lowest BCUT2D eigenvalue weighted by Crippen LogP contribution is -2.36. The zero-order valence-corrected chi connectivity index (χ0v) is 13.6. The summed E-state index contributed by atoms with van der Waals surface area (Å²) in [4.78, 5) is 13.5. The normalized spacial score (nSPS) is 19.2. The predicted octanol–water partition coefficient (Wildman–Crippen LogP) is 2.57. The molecular formula is C19H21N3O2. The zero-order chi connectivity index (χ0) is 16.7. The molecule has 2 heterocycles. The minimum absolute atomic E-state index is 0.0937. The summed E-state index contributed by atoms with van der Waals surface area (Å²) in [5, 5.41) is 15.8. The topological polar surface area (TPSA) is 57.5 Å². The summed E-state index contributed by atoms with van der Waals surface area (Å²) >= 11 is 0. The second kappa shape index (κ2) is 5.83. The van der Waals surface area contributed by atoms with E-state index >= 15 is 0 Å². The molecule has 0 bridgehead atoms. The van der Waals surface area contributed by atoms with Crippen molar-refractivity contribution in [3.05, 3.63) is 48.5 Å². The average Bonchev–Trinajstić information content (AvgIpc) is 3.06. The summed E-state index contributed by atoms with van der Waals surface area (Å²) < 4.78 is 2.15. The van der Waals surface area contributed by atoms with Crippen molar-refractivity contribution >= 4 is 27.8 Å². The molecule has 1 aliphatic rings. The highest BCUT2D eigenvalue weighted by molar-refractivity contribution is 6.07. The first-order valence-corrected chi connectivity index (χ1v) is 8.33. The largest absolute Gasteiger partial charge is 0.389 e. The molecule has 5 heteroatoms. The van der Waals surface area contributed by atoms with Crippen LogP contribution in [0.3, 0.4) is 0 Å². The molecule has 124 valence electrons. The molecular weight excluding hydrogens is 302 g/mol. The van der Waals surface area contributed by atoms with E-state index < -0.39 is 6.10 Å². The molecule has 2 aromatic carbocycles. The summed E-state index contributed by atoms with van der Waals surface area (Å²) in [6.07, 6.45) is -0.611. The number of aliphatic hydroxyl groups excluding tert-OH is 1. The Bertz CT molecular complexity index is 849. The number of nitrogens with zero attached hydrogens (tertiary/aromatic N) is 2. The number of nitrogens with one attached hydrogen (secondary N) is 1. The summed E-state index contributed by atoms with van der Waals surface area (Å²) in [6, 6.07) is 16.5. The molecule has 0 saturated carbocycles. The Hall–Kier alpha value is -2.53. The summed E-state index contributed by atoms with van der Waals surface area (Å²) in [5.41, 5.74) is 2.22. The maximum Gasteiger partial charge on any atom is 0.317 e. The number of urea groups is 1. The minimum Gasteiger partial charge on any atom is -0.389 e. The number of para-hydroxylation sites is 2. The first-order valence-electron chi connectivity index (χ1n) is 8.33. The number of carbonyl (C=O) groups is 1. The van der Waals surface area contributed by atoms with Gasteiger partial charge in [-0.1, -0.05) is 36.4 Å². The summed E-state index contributed by atoms with van der Waals surface area (Å²) in [5.74, 6) is 0. The Labute approximate surface area is 140 Å². The van der Waals surface area contributed by atoms with E-state index in [-0.39, 0.29) is 12.1 Å². The van der Waals surface area contributed by atoms with Crippen LogP contribution in [0.4, 0.5) is 4.79 Å². The van der Waals surface area contributed by atoms with Crippen LogP contribution in [0.15, 0.2) is 48.5 Å². The van der Waals surface area contributed by atoms with Gasteiger partial charge >= 0.3 is 6.03 Å². The van der Waals surface area contributed by atoms with Gasteiger partial charge in [-0.05, 0) is 19.1 Å². The number of amides is 2. The molecule has 3 aromatic rings. The monoisotopic (exact) mass is 323 g/mol. The van der Waals surface area contributed by atoms with Crippen LogP contribution in [0.2, 0.25) is 0 Å². The summed E-state index contributed by atoms with van der Waals surface area (Å²) in [7, 11) is 0. The van der Waals surface area contributed by atoms with Gasteiger partial charge in [0.25, 0.3) is 0 Å². The Morgan fingerprint density at radius 2 is 1.67 bits per heavy atom. The van der Waals surface area contributed by atoms with E-state index in [0.717, 1.165) is 11.0 Å². The number of hydrogen-bond donors (Lipinski definition) is 2. The predicted molar refractivity (Wildman–Crippen MR) is 95.0 cm³/mol. The molecule has 2 amide bonds. The maximum atomic E-state index is 11.8. The van der Waals surface area contributed by atoms with Crippen molar-refractivity contribution in [2.75, 3.05) is 13.1 Å². The number of aromatic nitrogens is 1. The molecule has 2 atom stereocenters. The maximum absolute atomic E-state index is 11.8. The van der Waals surface area contributed by atoms with E-state index in [1.54, 1.807) is 4.90 Å². The molecule has 4 rings (SSSR count). The minimum atomic E-state index is -0.611. The van der Waals surface area contributed by atoms with E-state index in [4.69, 9.17) is 0 Å². The average molecular weight is 323 g/mol. The van der Waals surface area contributed by atoms with Crippen molar-refractivity contribution in [2.24, 2.45) is 0 Å². The fourth-order valence-electron chi connectivity index (χ4n) is 3.64. The second-order valence-corrected chi connectivity index (χ2v) is 6.55. The zero-order valence-electron chi connectivity index (χ0n) is 13.6. The molecule has 1 saturated heterocycles. The van der Waals surface area contributed by atoms with Crippen molar-refractivity contribution in [2.45, 2.75) is 25.6 Å². The van der Waals surface area contributed by atoms with Crippen molar-refractivity contribution < 1.29 is 9.90 Å². The number of carbonyl (C=O) groups excluding carboxylic acids is 1. The van der Waals surface area contributed by atoms with Gasteiger partial charge in [0.1, 0.15) is 0 Å². The molecule has 0 aliphatic carbocycles. The van der Waals surface area contributed by atoms with Gasteiger partial charge in [-0.2, -0.15) is 0 Å². The van der Waals surface area contributed by atoms with Crippen molar-refractivity contribution in [3.8, 4) is 0 Å². The number of aliphatic hydroxyl groups is 1. The molecule has 0 spiro atoms. The fraction of sp³-hybridized carbons (Fsp3) is 0.316. The van der Waals surface area contributed by atoms with Gasteiger partial charge in [0.2, 0.25) is 0 Å². The van der Waals surface area contributed by atoms with E-state index in [9.17, 15) is 9.90 Å². The van der Waals surface area contributed by atoms with Gasteiger partial charge in [0.15, 0.2) is 0 Å². The Balaban J connectivity index is 1.65. The van der Waals surface area contributed by atoms with Crippen LogP contribution in [0, 0.1) is 0 Å². The van der Waals surface area contributed by atoms with Gasteiger partial charge in [0.05, 0.1) is 19.2 Å². The van der Waals surface area contributed by atoms with Crippen molar-refractivity contribution in [1.29, 1.82) is 0 Å². The first-order chi connectivity index (χ1) is 11.6. The standard InChI is InChI=1S/C19H21N3O2/c1-13-10-21(19(24)20-13)11-14(23)12-22-17-8-4-2-6-15(17)16-7-3-5-9-18(16)22/h2-9,13-14,23H,10-12H2,1H3,(H,20,24)/t13-,14+/m1/s1. The highest BCUT2D eigenvalue weighted by Gasteiger charge is 2.27. The lowest BCUT2D eigenvalue weighted by atomic mass is 10.2. The summed E-state index contributed by atoms with van der Waals surface area (Å²) in [6.45, 7) is 3.42. The Kier molecular flexibility index (Phi) is 3.65. The van der Waals surface area contributed by atoms with Gasteiger partial charge in [-0.15, -0.1) is 0 Å². The third-order valence-corrected chi connectivity index (χ3v) is 4.66. The van der Waals surface area contributed by atoms with Gasteiger partial charge in [-0.3, -0.25) is 0 Å². The van der Waals surface area contributed by atoms with Crippen LogP contribution < -0.4 is 5.32 Å². The smallest absolute Gasteiger partial charge is 0.317 e. The van der Waals surface area contributed by atoms with Gasteiger partial charge in [0, 0.05) is 34.4 Å². The van der Waals surface area contributed by atoms with Crippen LogP contribution >= 0.6 is 0 Å². The van der Waals surface area contributed by atoms with Crippen molar-refractivity contribution in [1.82, 2.24) is 14.8 Å². The molecule has 2 N–H and O–H groups in total. The number of benzene rings is 2. The molecule has 1 aliphatic heterocycles. The highest BCUT2D eigenvalue weighted by atomic mass is 16.3. The highest BCUT2D eigenvalue weighted by Crippen LogP contribution is 2.28. The van der Waals surface area contributed by atoms with Crippen molar-refractivity contribution in [3.63, 3.8) is 0 Å². The molecule has 24 heavy (non-hydrogen) atoms. The lowest BCUT2D eigenvalue weighted by Gasteiger charge is -2.20. The van der Waals surface area contributed by atoms with Crippen LogP contribution in [0.25, 0.3) is 21.8 Å². The number of β-amino-alcohol motifs (C(OH)–C–C–N with tert-alkyl or cyclic N) is 1. The second-order valence-electron chi connectivity index (χ2n) is 6.55. The van der Waals surface area contributed by atoms with E-state index in [1.807, 2.05) is 31.2 Å². The quantitative estimate of drug-likeness (QED) is 0.775. The number of hydrogen-bond acceptors (Lipinski definition) is 2. The molecule has 0 radical (unpaired) electrons. The van der Waals surface area contributed by atoms with E-state index in [1.165, 1.54) is 10.8 Å². The third-order valence-electron chi connectivity index (χ3n) is 4.66. The Morgan fingerprint density at radius 1 is 1.08 bits per heavy atom. The number of rotatable bonds is 4. The van der Waals surface area contributed by atoms with Gasteiger partial charge in [-0.25, -0.2) is 4.79 Å². The fourth-order valence-corrected chi connectivity index (χ4v) is 3.64. The lowest BCUT2D eigenvalue weighted by molar-refractivity contribution is 0.117. The SMILES string of the molecule is C[C@@H]1CN(C[C@H](O)Cn2c3ccccc3c3ccccc32)C(=O)N1. The van der Waals surface area contributed by atoms with E-state index in [0.29, 0.717) is 19.6 Å². The Morgan fingerprint density at radius 3 is 2.21 bits per heavy atom. The van der Waals surface area contributed by atoms with Crippen LogP contribution in [0.1, 0.15) is 6.92 Å². The molecule has 5 nitrogen and oxygen atoms in total. The third kappa shape index (κ3) is 2.51. The van der Waals surface area contributed by atoms with E-state index in [2.05, 4.69) is 34.1 Å². The number of fused-ring (bicyclic) bond motifs is 3. The van der Waals surface area contributed by atoms with Crippen LogP contribution in [-0.2, 0) is 6.54 Å². The first kappa shape index (κ1) is 15.0. The molecule has 1 aromatic heterocycles. The van der Waals surface area contributed by atoms with Gasteiger partial charge < -0.3 is 19.9 Å². The van der Waals surface area contributed by atoms with Crippen LogP contribution in [0.5, 0.6) is 0 Å². The molecule has 1 fully saturated rings. The molecule has 0 unspecified atom stereocenters. The van der Waals surface area contributed by atoms with Crippen LogP contribution in [-0.4, -0.2) is 45.8 Å².